The first-order chi connectivity index (χ1) is 20.2. The normalized spacial score (nSPS) is 29.4. The third kappa shape index (κ3) is 4.48. The van der Waals surface area contributed by atoms with Crippen molar-refractivity contribution in [2.75, 3.05) is 11.9 Å². The van der Waals surface area contributed by atoms with E-state index in [0.717, 1.165) is 16.3 Å². The molecular weight excluding hydrogens is 530 g/mol. The van der Waals surface area contributed by atoms with Crippen LogP contribution in [-0.4, -0.2) is 57.6 Å². The molecule has 3 aromatic carbocycles. The number of hydrogen-bond donors (Lipinski definition) is 3. The van der Waals surface area contributed by atoms with E-state index in [9.17, 15) is 19.5 Å². The highest BCUT2D eigenvalue weighted by atomic mass is 16.5. The Kier molecular flexibility index (Phi) is 7.31. The molecule has 220 valence electrons. The summed E-state index contributed by atoms with van der Waals surface area (Å²) >= 11 is 0. The van der Waals surface area contributed by atoms with Crippen molar-refractivity contribution in [3.8, 4) is 0 Å². The summed E-state index contributed by atoms with van der Waals surface area (Å²) in [4.78, 5) is 44.1. The number of carbonyl (C=O) groups is 3. The predicted octanol–water partition coefficient (Wildman–Crippen LogP) is 4.27. The van der Waals surface area contributed by atoms with Crippen LogP contribution in [0.2, 0.25) is 0 Å². The monoisotopic (exact) mass is 569 g/mol. The number of rotatable bonds is 9. The molecule has 2 bridgehead atoms. The standard InChI is InChI=1S/C34H39N3O5/c1-4-21(2)26(20-38)37-29(31(40)36-25-15-14-23-12-8-9-13-24(23)18-25)34-17-16-33(3,42-34)27(28(34)32(37)41)30(39)35-19-22-10-6-5-7-11-22/h5-15,18,21,26-29,38H,4,16-17,19-20H2,1-3H3,(H,35,39)(H,36,40)/t21-,26-,27-,28-,29?,33+,34?/m0/s1. The van der Waals surface area contributed by atoms with Crippen molar-refractivity contribution < 1.29 is 24.2 Å². The lowest BCUT2D eigenvalue weighted by Crippen LogP contribution is -2.57. The predicted molar refractivity (Wildman–Crippen MR) is 160 cm³/mol. The van der Waals surface area contributed by atoms with Crippen LogP contribution in [0.15, 0.2) is 72.8 Å². The van der Waals surface area contributed by atoms with Gasteiger partial charge in [-0.15, -0.1) is 0 Å². The van der Waals surface area contributed by atoms with E-state index in [4.69, 9.17) is 4.74 Å². The zero-order valence-corrected chi connectivity index (χ0v) is 24.4. The maximum Gasteiger partial charge on any atom is 0.250 e. The van der Waals surface area contributed by atoms with E-state index >= 15 is 0 Å². The minimum absolute atomic E-state index is 0.0664. The number of amides is 3. The summed E-state index contributed by atoms with van der Waals surface area (Å²) in [7, 11) is 0. The highest BCUT2D eigenvalue weighted by molar-refractivity contribution is 6.04. The van der Waals surface area contributed by atoms with E-state index in [1.165, 1.54) is 0 Å². The molecule has 3 saturated heterocycles. The fourth-order valence-corrected chi connectivity index (χ4v) is 7.61. The second kappa shape index (κ2) is 10.8. The van der Waals surface area contributed by atoms with Gasteiger partial charge in [0, 0.05) is 12.2 Å². The van der Waals surface area contributed by atoms with Gasteiger partial charge in [-0.2, -0.15) is 0 Å². The number of likely N-dealkylation sites (tertiary alicyclic amines) is 1. The average Bonchev–Trinajstić information content (AvgIpc) is 3.57. The third-order valence-electron chi connectivity index (χ3n) is 9.92. The van der Waals surface area contributed by atoms with Crippen molar-refractivity contribution in [3.63, 3.8) is 0 Å². The molecule has 7 atom stereocenters. The summed E-state index contributed by atoms with van der Waals surface area (Å²) in [6.07, 6.45) is 1.75. The number of nitrogens with one attached hydrogen (secondary N) is 2. The van der Waals surface area contributed by atoms with Crippen LogP contribution in [0.4, 0.5) is 5.69 Å². The summed E-state index contributed by atoms with van der Waals surface area (Å²) in [5.41, 5.74) is -0.466. The molecule has 3 heterocycles. The maximum atomic E-state index is 14.4. The van der Waals surface area contributed by atoms with E-state index in [-0.39, 0.29) is 30.2 Å². The van der Waals surface area contributed by atoms with Gasteiger partial charge in [0.15, 0.2) is 0 Å². The van der Waals surface area contributed by atoms with Crippen LogP contribution in [0.1, 0.15) is 45.6 Å². The van der Waals surface area contributed by atoms with Crippen LogP contribution in [0.3, 0.4) is 0 Å². The molecular formula is C34H39N3O5. The molecule has 3 aromatic rings. The maximum absolute atomic E-state index is 14.4. The average molecular weight is 570 g/mol. The van der Waals surface area contributed by atoms with Crippen molar-refractivity contribution in [1.82, 2.24) is 10.2 Å². The molecule has 0 radical (unpaired) electrons. The Labute approximate surface area is 246 Å². The minimum atomic E-state index is -1.16. The summed E-state index contributed by atoms with van der Waals surface area (Å²) in [5, 5.41) is 18.7. The lowest BCUT2D eigenvalue weighted by molar-refractivity contribution is -0.149. The van der Waals surface area contributed by atoms with Crippen molar-refractivity contribution in [3.05, 3.63) is 78.4 Å². The Hall–Kier alpha value is -3.75. The quantitative estimate of drug-likeness (QED) is 0.357. The van der Waals surface area contributed by atoms with Crippen molar-refractivity contribution in [1.29, 1.82) is 0 Å². The van der Waals surface area contributed by atoms with Crippen LogP contribution in [0.5, 0.6) is 0 Å². The van der Waals surface area contributed by atoms with Crippen LogP contribution in [0.25, 0.3) is 10.8 Å². The van der Waals surface area contributed by atoms with Gasteiger partial charge >= 0.3 is 0 Å². The molecule has 3 aliphatic rings. The van der Waals surface area contributed by atoms with Gasteiger partial charge in [-0.25, -0.2) is 0 Å². The topological polar surface area (TPSA) is 108 Å². The van der Waals surface area contributed by atoms with Gasteiger partial charge in [0.2, 0.25) is 17.7 Å². The molecule has 3 N–H and O–H groups in total. The van der Waals surface area contributed by atoms with Crippen LogP contribution in [-0.2, 0) is 25.7 Å². The van der Waals surface area contributed by atoms with Gasteiger partial charge < -0.3 is 25.4 Å². The summed E-state index contributed by atoms with van der Waals surface area (Å²) in [6.45, 7) is 5.91. The summed E-state index contributed by atoms with van der Waals surface area (Å²) in [5.74, 6) is -2.55. The van der Waals surface area contributed by atoms with Gasteiger partial charge in [-0.05, 0) is 54.2 Å². The number of aliphatic hydroxyl groups is 1. The Balaban J connectivity index is 1.36. The van der Waals surface area contributed by atoms with Crippen LogP contribution in [0, 0.1) is 17.8 Å². The number of nitrogens with zero attached hydrogens (tertiary/aromatic N) is 1. The molecule has 3 aliphatic heterocycles. The number of aliphatic hydroxyl groups excluding tert-OH is 1. The van der Waals surface area contributed by atoms with Crippen LogP contribution < -0.4 is 10.6 Å². The third-order valence-corrected chi connectivity index (χ3v) is 9.92. The van der Waals surface area contributed by atoms with Crippen LogP contribution >= 0.6 is 0 Å². The second-order valence-corrected chi connectivity index (χ2v) is 12.4. The smallest absolute Gasteiger partial charge is 0.250 e. The molecule has 0 saturated carbocycles. The van der Waals surface area contributed by atoms with Gasteiger partial charge in [0.05, 0.1) is 30.1 Å². The molecule has 42 heavy (non-hydrogen) atoms. The van der Waals surface area contributed by atoms with E-state index in [1.807, 2.05) is 93.6 Å². The first-order valence-corrected chi connectivity index (χ1v) is 15.0. The van der Waals surface area contributed by atoms with Gasteiger partial charge in [0.1, 0.15) is 11.6 Å². The SMILES string of the molecule is CC[C@H](C)[C@H](CO)N1C(=O)[C@@H]2[C@@H](C(=O)NCc3ccccc3)[C@@]3(C)CCC2(O3)C1C(=O)Nc1ccc2ccccc2c1. The van der Waals surface area contributed by atoms with Crippen molar-refractivity contribution in [2.45, 2.75) is 69.9 Å². The highest BCUT2D eigenvalue weighted by Gasteiger charge is 2.78. The zero-order chi connectivity index (χ0) is 29.6. The molecule has 8 heteroatoms. The fourth-order valence-electron chi connectivity index (χ4n) is 7.61. The molecule has 0 aromatic heterocycles. The number of carbonyl (C=O) groups excluding carboxylic acids is 3. The van der Waals surface area contributed by atoms with Gasteiger partial charge in [-0.1, -0.05) is 80.9 Å². The van der Waals surface area contributed by atoms with Gasteiger partial charge in [-0.3, -0.25) is 14.4 Å². The Bertz CT molecular complexity index is 1510. The van der Waals surface area contributed by atoms with Crippen molar-refractivity contribution in [2.24, 2.45) is 17.8 Å². The van der Waals surface area contributed by atoms with E-state index in [2.05, 4.69) is 10.6 Å². The van der Waals surface area contributed by atoms with E-state index in [1.54, 1.807) is 4.90 Å². The Morgan fingerprint density at radius 1 is 1.02 bits per heavy atom. The number of ether oxygens (including phenoxy) is 1. The fraction of sp³-hybridized carbons (Fsp3) is 0.441. The van der Waals surface area contributed by atoms with Gasteiger partial charge in [0.25, 0.3) is 0 Å². The minimum Gasteiger partial charge on any atom is -0.394 e. The largest absolute Gasteiger partial charge is 0.394 e. The number of anilines is 1. The number of benzene rings is 3. The molecule has 6 rings (SSSR count). The summed E-state index contributed by atoms with van der Waals surface area (Å²) < 4.78 is 6.74. The molecule has 2 unspecified atom stereocenters. The first-order valence-electron chi connectivity index (χ1n) is 15.0. The van der Waals surface area contributed by atoms with E-state index < -0.39 is 35.1 Å². The van der Waals surface area contributed by atoms with Crippen molar-refractivity contribution >= 4 is 34.2 Å². The summed E-state index contributed by atoms with van der Waals surface area (Å²) in [6, 6.07) is 21.7. The Morgan fingerprint density at radius 2 is 1.74 bits per heavy atom. The molecule has 0 aliphatic carbocycles. The number of hydrogen-bond acceptors (Lipinski definition) is 5. The molecule has 1 spiro atoms. The molecule has 3 amide bonds. The molecule has 3 fully saturated rings. The lowest BCUT2D eigenvalue weighted by atomic mass is 9.66. The second-order valence-electron chi connectivity index (χ2n) is 12.4. The number of fused-ring (bicyclic) bond motifs is 2. The highest BCUT2D eigenvalue weighted by Crippen LogP contribution is 2.63. The first kappa shape index (κ1) is 28.4. The Morgan fingerprint density at radius 3 is 2.45 bits per heavy atom. The van der Waals surface area contributed by atoms with E-state index in [0.29, 0.717) is 31.5 Å². The zero-order valence-electron chi connectivity index (χ0n) is 24.4. The molecule has 8 nitrogen and oxygen atoms in total. The lowest BCUT2D eigenvalue weighted by Gasteiger charge is -2.39.